The third-order valence-electron chi connectivity index (χ3n) is 2.67. The summed E-state index contributed by atoms with van der Waals surface area (Å²) in [6, 6.07) is 5.07. The molecule has 0 bridgehead atoms. The fraction of sp³-hybridized carbons (Fsp3) is 0.167. The van der Waals surface area contributed by atoms with Gasteiger partial charge in [0, 0.05) is 11.5 Å². The van der Waals surface area contributed by atoms with E-state index in [1.807, 2.05) is 0 Å². The lowest BCUT2D eigenvalue weighted by Crippen LogP contribution is -2.16. The minimum atomic E-state index is -0.332. The van der Waals surface area contributed by atoms with Crippen LogP contribution in [0.4, 0.5) is 11.5 Å². The maximum absolute atomic E-state index is 12.2. The maximum Gasteiger partial charge on any atom is 0.258 e. The van der Waals surface area contributed by atoms with E-state index in [1.54, 1.807) is 32.2 Å². The van der Waals surface area contributed by atoms with Gasteiger partial charge in [-0.25, -0.2) is 0 Å². The van der Waals surface area contributed by atoms with Crippen LogP contribution in [0.15, 0.2) is 22.7 Å². The van der Waals surface area contributed by atoms with Gasteiger partial charge in [-0.2, -0.15) is 5.10 Å². The monoisotopic (exact) mass is 342 g/mol. The van der Waals surface area contributed by atoms with Gasteiger partial charge in [-0.1, -0.05) is 27.5 Å². The zero-order valence-electron chi connectivity index (χ0n) is 10.4. The predicted molar refractivity (Wildman–Crippen MR) is 79.5 cm³/mol. The topological polar surface area (TPSA) is 72.9 Å². The van der Waals surface area contributed by atoms with Gasteiger partial charge in [0.2, 0.25) is 0 Å². The van der Waals surface area contributed by atoms with E-state index in [1.165, 1.54) is 4.68 Å². The first-order valence-electron chi connectivity index (χ1n) is 5.45. The van der Waals surface area contributed by atoms with Crippen LogP contribution in [-0.4, -0.2) is 15.7 Å². The number of rotatable bonds is 2. The van der Waals surface area contributed by atoms with Crippen molar-refractivity contribution in [2.45, 2.75) is 6.92 Å². The van der Waals surface area contributed by atoms with Gasteiger partial charge in [-0.15, -0.1) is 0 Å². The lowest BCUT2D eigenvalue weighted by atomic mass is 10.2. The second-order valence-corrected chi connectivity index (χ2v) is 5.37. The molecule has 0 saturated heterocycles. The molecule has 0 fully saturated rings. The van der Waals surface area contributed by atoms with Gasteiger partial charge in [0.05, 0.1) is 22.0 Å². The Balaban J connectivity index is 2.33. The normalized spacial score (nSPS) is 10.5. The second kappa shape index (κ2) is 5.22. The summed E-state index contributed by atoms with van der Waals surface area (Å²) in [6.45, 7) is 1.77. The Bertz CT molecular complexity index is 653. The molecule has 1 heterocycles. The molecule has 0 aliphatic rings. The Morgan fingerprint density at radius 2 is 2.21 bits per heavy atom. The number of nitrogen functional groups attached to an aromatic ring is 1. The number of nitrogens with one attached hydrogen (secondary N) is 1. The minimum absolute atomic E-state index is 0.332. The van der Waals surface area contributed by atoms with Crippen molar-refractivity contribution in [3.05, 3.63) is 39.0 Å². The summed E-state index contributed by atoms with van der Waals surface area (Å²) in [7, 11) is 1.71. The largest absolute Gasteiger partial charge is 0.394 e. The van der Waals surface area contributed by atoms with Gasteiger partial charge in [0.25, 0.3) is 5.91 Å². The van der Waals surface area contributed by atoms with Crippen molar-refractivity contribution < 1.29 is 4.79 Å². The van der Waals surface area contributed by atoms with Gasteiger partial charge in [-0.05, 0) is 25.1 Å². The number of aryl methyl sites for hydroxylation is 2. The van der Waals surface area contributed by atoms with Crippen molar-refractivity contribution in [3.8, 4) is 0 Å². The highest BCUT2D eigenvalue weighted by atomic mass is 79.9. The average Bonchev–Trinajstić information content (AvgIpc) is 2.59. The number of halogens is 2. The number of carbonyl (C=O) groups excluding carboxylic acids is 1. The Labute approximate surface area is 123 Å². The molecular formula is C12H12BrClN4O. The highest BCUT2D eigenvalue weighted by Crippen LogP contribution is 2.25. The number of aromatic nitrogens is 2. The Hall–Kier alpha value is -1.53. The van der Waals surface area contributed by atoms with E-state index in [0.29, 0.717) is 27.8 Å². The molecule has 7 heteroatoms. The molecule has 1 aromatic heterocycles. The van der Waals surface area contributed by atoms with Crippen LogP contribution in [0.2, 0.25) is 5.02 Å². The molecule has 0 spiro atoms. The van der Waals surface area contributed by atoms with Crippen molar-refractivity contribution in [1.82, 2.24) is 9.78 Å². The molecule has 5 nitrogen and oxygen atoms in total. The first-order chi connectivity index (χ1) is 8.90. The van der Waals surface area contributed by atoms with E-state index in [-0.39, 0.29) is 5.91 Å². The number of hydrogen-bond acceptors (Lipinski definition) is 3. The maximum atomic E-state index is 12.2. The van der Waals surface area contributed by atoms with E-state index in [4.69, 9.17) is 17.3 Å². The molecule has 19 heavy (non-hydrogen) atoms. The summed E-state index contributed by atoms with van der Waals surface area (Å²) in [5.74, 6) is 0.125. The third kappa shape index (κ3) is 2.74. The number of nitrogens with zero attached hydrogens (tertiary/aromatic N) is 2. The standard InChI is InChI=1S/C12H12BrClN4O/c1-6-10(15)11(18(2)17-6)16-12(19)8-5-7(13)3-4-9(8)14/h3-5H,15H2,1-2H3,(H,16,19). The number of nitrogens with two attached hydrogens (primary N) is 1. The van der Waals surface area contributed by atoms with Crippen LogP contribution < -0.4 is 11.1 Å². The zero-order valence-corrected chi connectivity index (χ0v) is 12.7. The summed E-state index contributed by atoms with van der Waals surface area (Å²) in [5, 5.41) is 7.22. The second-order valence-electron chi connectivity index (χ2n) is 4.05. The van der Waals surface area contributed by atoms with E-state index in [2.05, 4.69) is 26.3 Å². The van der Waals surface area contributed by atoms with Gasteiger partial charge >= 0.3 is 0 Å². The molecule has 0 aliphatic heterocycles. The highest BCUT2D eigenvalue weighted by molar-refractivity contribution is 9.10. The number of amides is 1. The van der Waals surface area contributed by atoms with Crippen molar-refractivity contribution in [3.63, 3.8) is 0 Å². The summed E-state index contributed by atoms with van der Waals surface area (Å²) >= 11 is 9.31. The van der Waals surface area contributed by atoms with E-state index in [9.17, 15) is 4.79 Å². The van der Waals surface area contributed by atoms with Crippen LogP contribution in [-0.2, 0) is 7.05 Å². The van der Waals surface area contributed by atoms with Crippen molar-refractivity contribution >= 4 is 44.9 Å². The van der Waals surface area contributed by atoms with Crippen LogP contribution in [0.25, 0.3) is 0 Å². The van der Waals surface area contributed by atoms with Gasteiger partial charge < -0.3 is 11.1 Å². The highest BCUT2D eigenvalue weighted by Gasteiger charge is 2.16. The predicted octanol–water partition coefficient (Wildman–Crippen LogP) is 2.98. The van der Waals surface area contributed by atoms with Crippen LogP contribution in [0, 0.1) is 6.92 Å². The fourth-order valence-electron chi connectivity index (χ4n) is 1.67. The molecular weight excluding hydrogens is 332 g/mol. The first-order valence-corrected chi connectivity index (χ1v) is 6.62. The van der Waals surface area contributed by atoms with E-state index >= 15 is 0 Å². The SMILES string of the molecule is Cc1nn(C)c(NC(=O)c2cc(Br)ccc2Cl)c1N. The zero-order chi connectivity index (χ0) is 14.2. The van der Waals surface area contributed by atoms with Crippen molar-refractivity contribution in [1.29, 1.82) is 0 Å². The molecule has 0 aliphatic carbocycles. The van der Waals surface area contributed by atoms with Crippen LogP contribution in [0.1, 0.15) is 16.1 Å². The fourth-order valence-corrected chi connectivity index (χ4v) is 2.23. The lowest BCUT2D eigenvalue weighted by Gasteiger charge is -2.08. The van der Waals surface area contributed by atoms with Crippen LogP contribution in [0.3, 0.4) is 0 Å². The quantitative estimate of drug-likeness (QED) is 0.880. The van der Waals surface area contributed by atoms with Crippen LogP contribution >= 0.6 is 27.5 Å². The van der Waals surface area contributed by atoms with E-state index in [0.717, 1.165) is 4.47 Å². The lowest BCUT2D eigenvalue weighted by molar-refractivity contribution is 0.102. The summed E-state index contributed by atoms with van der Waals surface area (Å²) < 4.78 is 2.30. The summed E-state index contributed by atoms with van der Waals surface area (Å²) in [6.07, 6.45) is 0. The van der Waals surface area contributed by atoms with Gasteiger partial charge in [0.15, 0.2) is 5.82 Å². The molecule has 0 atom stereocenters. The number of carbonyl (C=O) groups is 1. The Kier molecular flexibility index (Phi) is 3.82. The molecule has 100 valence electrons. The third-order valence-corrected chi connectivity index (χ3v) is 3.50. The molecule has 1 amide bonds. The number of benzene rings is 1. The Morgan fingerprint density at radius 3 is 2.79 bits per heavy atom. The van der Waals surface area contributed by atoms with Crippen molar-refractivity contribution in [2.24, 2.45) is 7.05 Å². The Morgan fingerprint density at radius 1 is 1.53 bits per heavy atom. The van der Waals surface area contributed by atoms with Gasteiger partial charge in [0.1, 0.15) is 0 Å². The number of anilines is 2. The smallest absolute Gasteiger partial charge is 0.258 e. The molecule has 1 aromatic carbocycles. The molecule has 0 saturated carbocycles. The van der Waals surface area contributed by atoms with Crippen molar-refractivity contribution in [2.75, 3.05) is 11.1 Å². The molecule has 0 radical (unpaired) electrons. The minimum Gasteiger partial charge on any atom is -0.394 e. The molecule has 2 rings (SSSR count). The van der Waals surface area contributed by atoms with E-state index < -0.39 is 0 Å². The first kappa shape index (κ1) is 13.9. The summed E-state index contributed by atoms with van der Waals surface area (Å²) in [4.78, 5) is 12.2. The van der Waals surface area contributed by atoms with Gasteiger partial charge in [-0.3, -0.25) is 9.48 Å². The molecule has 0 unspecified atom stereocenters. The molecule has 3 N–H and O–H groups in total. The van der Waals surface area contributed by atoms with Crippen LogP contribution in [0.5, 0.6) is 0 Å². The molecule has 2 aromatic rings. The summed E-state index contributed by atoms with van der Waals surface area (Å²) in [5.41, 5.74) is 7.34. The number of hydrogen-bond donors (Lipinski definition) is 2. The average molecular weight is 344 g/mol.